The largest absolute Gasteiger partial charge is 0.482 e. The molecule has 0 unspecified atom stereocenters. The summed E-state index contributed by atoms with van der Waals surface area (Å²) in [6.07, 6.45) is 1.71. The summed E-state index contributed by atoms with van der Waals surface area (Å²) in [7, 11) is 0. The van der Waals surface area contributed by atoms with Crippen molar-refractivity contribution in [3.63, 3.8) is 0 Å². The molecule has 3 aliphatic rings. The topological polar surface area (TPSA) is 151 Å². The van der Waals surface area contributed by atoms with Gasteiger partial charge in [0.1, 0.15) is 41.5 Å². The number of ether oxygens (including phenoxy) is 4. The average molecular weight is 626 g/mol. The first kappa shape index (κ1) is 32.7. The first-order valence-corrected chi connectivity index (χ1v) is 15.6. The lowest BCUT2D eigenvalue weighted by molar-refractivity contribution is -0.271. The molecule has 1 aliphatic heterocycles. The van der Waals surface area contributed by atoms with Gasteiger partial charge in [0.2, 0.25) is 0 Å². The van der Waals surface area contributed by atoms with Crippen LogP contribution in [0.5, 0.6) is 5.75 Å². The van der Waals surface area contributed by atoms with Gasteiger partial charge in [-0.25, -0.2) is 4.79 Å². The number of hydrogen-bond donors (Lipinski definition) is 1. The third-order valence-electron chi connectivity index (χ3n) is 10.3. The van der Waals surface area contributed by atoms with E-state index in [1.54, 1.807) is 30.6 Å². The smallest absolute Gasteiger partial charge is 0.345 e. The molecule has 0 amide bonds. The Morgan fingerprint density at radius 1 is 1.11 bits per heavy atom. The highest BCUT2D eigenvalue weighted by Gasteiger charge is 2.71. The molecule has 11 heteroatoms. The van der Waals surface area contributed by atoms with Crippen LogP contribution in [0.4, 0.5) is 0 Å². The number of carbonyl (C=O) groups excluding carboxylic acids is 3. The van der Waals surface area contributed by atoms with Gasteiger partial charge in [0.25, 0.3) is 0 Å². The van der Waals surface area contributed by atoms with E-state index >= 15 is 0 Å². The summed E-state index contributed by atoms with van der Waals surface area (Å²) in [6, 6.07) is 5.03. The minimum atomic E-state index is -1.35. The van der Waals surface area contributed by atoms with Gasteiger partial charge in [-0.1, -0.05) is 27.7 Å². The van der Waals surface area contributed by atoms with Crippen LogP contribution in [0, 0.1) is 28.6 Å². The molecule has 11 nitrogen and oxygen atoms in total. The lowest BCUT2D eigenvalue weighted by atomic mass is 9.42. The molecule has 2 aliphatic carbocycles. The molecular weight excluding hydrogens is 582 g/mol. The molecule has 8 atom stereocenters. The summed E-state index contributed by atoms with van der Waals surface area (Å²) in [6.45, 7) is 12.2. The zero-order chi connectivity index (χ0) is 32.9. The average Bonchev–Trinajstić information content (AvgIpc) is 2.94. The Morgan fingerprint density at radius 2 is 1.84 bits per heavy atom. The summed E-state index contributed by atoms with van der Waals surface area (Å²) < 4.78 is 30.0. The molecular formula is C34H43NO10. The molecule has 1 N–H and O–H groups in total. The van der Waals surface area contributed by atoms with Crippen molar-refractivity contribution in [1.29, 1.82) is 0 Å². The number of nitrogens with zero attached hydrogens (tertiary/aromatic N) is 1. The third-order valence-corrected chi connectivity index (χ3v) is 10.3. The lowest BCUT2D eigenvalue weighted by Gasteiger charge is -2.66. The fourth-order valence-corrected chi connectivity index (χ4v) is 8.38. The van der Waals surface area contributed by atoms with Gasteiger partial charge in [-0.2, -0.15) is 0 Å². The first-order chi connectivity index (χ1) is 21.1. The first-order valence-electron chi connectivity index (χ1n) is 15.6. The molecule has 5 rings (SSSR count). The Kier molecular flexibility index (Phi) is 8.63. The Hall–Kier alpha value is -3.73. The lowest BCUT2D eigenvalue weighted by Crippen LogP contribution is -2.71. The summed E-state index contributed by atoms with van der Waals surface area (Å²) in [4.78, 5) is 55.1. The summed E-state index contributed by atoms with van der Waals surface area (Å²) in [5.74, 6) is -2.09. The molecule has 244 valence electrons. The van der Waals surface area contributed by atoms with Crippen LogP contribution in [0.1, 0.15) is 85.8 Å². The van der Waals surface area contributed by atoms with Gasteiger partial charge < -0.3 is 28.5 Å². The SMILES string of the molecule is CC(=O)OC[C@@]1(C)[C@@H]2C[C@H](OC(=O)CC(C)C)[C@@]3(C)Oc4cc(-c5cccnc5)oc(=O)c4[C@H](O)[C@@H]3[C@@]2(C)CC[C@@H]1OC(C)=O. The minimum absolute atomic E-state index is 0.0111. The van der Waals surface area contributed by atoms with Gasteiger partial charge in [-0.3, -0.25) is 19.4 Å². The van der Waals surface area contributed by atoms with Gasteiger partial charge in [0.15, 0.2) is 0 Å². The van der Waals surface area contributed by atoms with Crippen LogP contribution in [0.15, 0.2) is 39.8 Å². The second-order valence-electron chi connectivity index (χ2n) is 13.9. The molecule has 2 saturated carbocycles. The quantitative estimate of drug-likeness (QED) is 0.334. The fourth-order valence-electron chi connectivity index (χ4n) is 8.38. The highest BCUT2D eigenvalue weighted by Crippen LogP contribution is 2.67. The van der Waals surface area contributed by atoms with Crippen molar-refractivity contribution >= 4 is 17.9 Å². The van der Waals surface area contributed by atoms with Crippen molar-refractivity contribution in [2.24, 2.45) is 28.6 Å². The third kappa shape index (κ3) is 5.75. The van der Waals surface area contributed by atoms with Gasteiger partial charge in [0.05, 0.1) is 6.10 Å². The van der Waals surface area contributed by atoms with Crippen LogP contribution < -0.4 is 10.4 Å². The van der Waals surface area contributed by atoms with Crippen LogP contribution in [-0.4, -0.2) is 52.4 Å². The van der Waals surface area contributed by atoms with Gasteiger partial charge in [-0.15, -0.1) is 0 Å². The van der Waals surface area contributed by atoms with Crippen LogP contribution in [-0.2, 0) is 28.6 Å². The number of rotatable bonds is 7. The van der Waals surface area contributed by atoms with E-state index in [0.29, 0.717) is 18.4 Å². The van der Waals surface area contributed by atoms with E-state index < -0.39 is 64.2 Å². The fraction of sp³-hybridized carbons (Fsp3) is 0.618. The Balaban J connectivity index is 1.67. The maximum absolute atomic E-state index is 13.5. The molecule has 2 fully saturated rings. The van der Waals surface area contributed by atoms with Crippen molar-refractivity contribution in [1.82, 2.24) is 4.98 Å². The van der Waals surface area contributed by atoms with Crippen molar-refractivity contribution in [2.75, 3.05) is 6.61 Å². The highest BCUT2D eigenvalue weighted by atomic mass is 16.6. The van der Waals surface area contributed by atoms with E-state index in [2.05, 4.69) is 4.98 Å². The zero-order valence-corrected chi connectivity index (χ0v) is 27.0. The monoisotopic (exact) mass is 625 g/mol. The number of esters is 3. The normalized spacial score (nSPS) is 33.6. The van der Waals surface area contributed by atoms with E-state index in [4.69, 9.17) is 23.4 Å². The van der Waals surface area contributed by atoms with E-state index in [9.17, 15) is 24.3 Å². The Labute approximate surface area is 262 Å². The van der Waals surface area contributed by atoms with E-state index in [1.807, 2.05) is 34.6 Å². The predicted molar refractivity (Wildman–Crippen MR) is 161 cm³/mol. The summed E-state index contributed by atoms with van der Waals surface area (Å²) in [5.41, 5.74) is -3.11. The molecule has 0 saturated heterocycles. The van der Waals surface area contributed by atoms with E-state index in [0.717, 1.165) is 0 Å². The van der Waals surface area contributed by atoms with Crippen LogP contribution in [0.2, 0.25) is 0 Å². The van der Waals surface area contributed by atoms with Crippen molar-refractivity contribution in [2.45, 2.75) is 98.1 Å². The number of carbonyl (C=O) groups is 3. The maximum atomic E-state index is 13.5. The Bertz CT molecular complexity index is 1520. The van der Waals surface area contributed by atoms with Crippen molar-refractivity contribution in [3.05, 3.63) is 46.6 Å². The molecule has 2 aromatic heterocycles. The second kappa shape index (κ2) is 11.9. The maximum Gasteiger partial charge on any atom is 0.345 e. The molecule has 0 aromatic carbocycles. The van der Waals surface area contributed by atoms with Gasteiger partial charge in [0, 0.05) is 55.6 Å². The zero-order valence-electron chi connectivity index (χ0n) is 27.0. The van der Waals surface area contributed by atoms with Crippen molar-refractivity contribution < 1.29 is 42.9 Å². The van der Waals surface area contributed by atoms with Gasteiger partial charge in [-0.05, 0) is 55.6 Å². The molecule has 0 bridgehead atoms. The van der Waals surface area contributed by atoms with Crippen molar-refractivity contribution in [3.8, 4) is 17.1 Å². The predicted octanol–water partition coefficient (Wildman–Crippen LogP) is 4.78. The molecule has 45 heavy (non-hydrogen) atoms. The van der Waals surface area contributed by atoms with Crippen LogP contribution in [0.25, 0.3) is 11.3 Å². The minimum Gasteiger partial charge on any atom is -0.482 e. The number of hydrogen-bond acceptors (Lipinski definition) is 11. The number of pyridine rings is 1. The number of aliphatic hydroxyl groups excluding tert-OH is 1. The number of fused-ring (bicyclic) bond motifs is 4. The number of aliphatic hydroxyl groups is 1. The number of aromatic nitrogens is 1. The van der Waals surface area contributed by atoms with Crippen LogP contribution >= 0.6 is 0 Å². The standard InChI is InChI=1S/C34H43NO10/c1-18(2)13-27(38)44-26-15-24-32(5,11-10-25(42-20(4)37)33(24,6)17-41-19(3)36)30-29(39)28-23(45-34(26,30)7)14-22(43-31(28)40)21-9-8-12-35-16-21/h8-9,12,14,16,18,24-26,29-30,39H,10-11,13,15,17H2,1-7H3/t24-,25+,26+,29+,30-,32+,33+,34-/m1/s1. The molecule has 2 aromatic rings. The van der Waals surface area contributed by atoms with Gasteiger partial charge >= 0.3 is 23.5 Å². The Morgan fingerprint density at radius 3 is 2.47 bits per heavy atom. The highest BCUT2D eigenvalue weighted by molar-refractivity contribution is 5.70. The second-order valence-corrected chi connectivity index (χ2v) is 13.9. The molecule has 0 radical (unpaired) electrons. The molecule has 3 heterocycles. The van der Waals surface area contributed by atoms with Crippen LogP contribution in [0.3, 0.4) is 0 Å². The van der Waals surface area contributed by atoms with E-state index in [1.165, 1.54) is 13.8 Å². The summed E-state index contributed by atoms with van der Waals surface area (Å²) in [5, 5.41) is 12.2. The molecule has 0 spiro atoms. The summed E-state index contributed by atoms with van der Waals surface area (Å²) >= 11 is 0. The van der Waals surface area contributed by atoms with E-state index in [-0.39, 0.29) is 48.4 Å².